The first kappa shape index (κ1) is 16.6. The Kier molecular flexibility index (Phi) is 3.67. The highest BCUT2D eigenvalue weighted by atomic mass is 15.2. The molecule has 0 aliphatic carbocycles. The van der Waals surface area contributed by atoms with Gasteiger partial charge >= 0.3 is 0 Å². The van der Waals surface area contributed by atoms with Crippen LogP contribution in [-0.4, -0.2) is 30.4 Å². The van der Waals surface area contributed by atoms with E-state index in [1.54, 1.807) is 0 Å². The molecule has 2 N–H and O–H groups in total. The molecule has 0 spiro atoms. The van der Waals surface area contributed by atoms with Crippen molar-refractivity contribution in [1.29, 1.82) is 0 Å². The van der Waals surface area contributed by atoms with Gasteiger partial charge in [0.25, 0.3) is 0 Å². The Hall–Kier alpha value is -4.32. The number of nitrogens with one attached hydrogen (secondary N) is 2. The molecule has 6 nitrogen and oxygen atoms in total. The zero-order valence-corrected chi connectivity index (χ0v) is 15.9. The first-order valence-electron chi connectivity index (χ1n) is 9.65. The molecule has 30 heavy (non-hydrogen) atoms. The predicted octanol–water partition coefficient (Wildman–Crippen LogP) is 5.23. The summed E-state index contributed by atoms with van der Waals surface area (Å²) < 4.78 is 0. The number of fused-ring (bicyclic) bond motifs is 2. The maximum atomic E-state index is 4.45. The molecule has 0 bridgehead atoms. The molecule has 0 unspecified atom stereocenters. The van der Waals surface area contributed by atoms with Gasteiger partial charge in [0, 0.05) is 22.3 Å². The van der Waals surface area contributed by atoms with E-state index in [0.29, 0.717) is 0 Å². The van der Waals surface area contributed by atoms with Crippen LogP contribution < -0.4 is 0 Å². The minimum atomic E-state index is 0.729. The summed E-state index contributed by atoms with van der Waals surface area (Å²) >= 11 is 0. The van der Waals surface area contributed by atoms with Gasteiger partial charge in [0.1, 0.15) is 12.7 Å². The van der Waals surface area contributed by atoms with Crippen molar-refractivity contribution in [2.75, 3.05) is 0 Å². The van der Waals surface area contributed by atoms with Gasteiger partial charge in [-0.2, -0.15) is 10.2 Å². The topological polar surface area (TPSA) is 83.1 Å². The Balaban J connectivity index is 1.83. The van der Waals surface area contributed by atoms with Gasteiger partial charge in [-0.25, -0.2) is 9.97 Å². The van der Waals surface area contributed by atoms with Crippen LogP contribution in [0.3, 0.4) is 0 Å². The number of rotatable bonds is 3. The van der Waals surface area contributed by atoms with Gasteiger partial charge in [0.15, 0.2) is 11.6 Å². The molecule has 0 aliphatic heterocycles. The van der Waals surface area contributed by atoms with E-state index >= 15 is 0 Å². The fraction of sp³-hybridized carbons (Fsp3) is 0. The van der Waals surface area contributed by atoms with Crippen molar-refractivity contribution >= 4 is 21.5 Å². The maximum Gasteiger partial charge on any atom is 0.156 e. The van der Waals surface area contributed by atoms with Crippen LogP contribution in [0.5, 0.6) is 0 Å². The molecular weight excluding hydrogens is 372 g/mol. The van der Waals surface area contributed by atoms with Crippen molar-refractivity contribution in [3.05, 3.63) is 85.5 Å². The zero-order valence-electron chi connectivity index (χ0n) is 15.9. The van der Waals surface area contributed by atoms with E-state index in [1.165, 1.54) is 12.7 Å². The van der Waals surface area contributed by atoms with Crippen LogP contribution in [-0.2, 0) is 0 Å². The molecule has 0 saturated carbocycles. The smallest absolute Gasteiger partial charge is 0.156 e. The van der Waals surface area contributed by atoms with Gasteiger partial charge < -0.3 is 0 Å². The summed E-state index contributed by atoms with van der Waals surface area (Å²) in [6.07, 6.45) is 3.07. The summed E-state index contributed by atoms with van der Waals surface area (Å²) in [6, 6.07) is 25.2. The molecule has 0 aliphatic rings. The van der Waals surface area contributed by atoms with Crippen molar-refractivity contribution in [2.24, 2.45) is 0 Å². The summed E-state index contributed by atoms with van der Waals surface area (Å²) in [5.74, 6) is 1.46. The first-order valence-corrected chi connectivity index (χ1v) is 9.65. The minimum Gasteiger partial charge on any atom is -0.259 e. The number of aromatic nitrogens is 6. The third kappa shape index (κ3) is 2.51. The van der Waals surface area contributed by atoms with Crippen LogP contribution in [0.25, 0.3) is 55.4 Å². The highest BCUT2D eigenvalue weighted by Gasteiger charge is 2.20. The van der Waals surface area contributed by atoms with E-state index in [9.17, 15) is 0 Å². The molecule has 0 radical (unpaired) electrons. The lowest BCUT2D eigenvalue weighted by atomic mass is 9.86. The van der Waals surface area contributed by atoms with Crippen molar-refractivity contribution in [2.45, 2.75) is 0 Å². The van der Waals surface area contributed by atoms with Crippen LogP contribution in [0.4, 0.5) is 0 Å². The third-order valence-corrected chi connectivity index (χ3v) is 5.45. The standard InChI is InChI=1S/C24H16N6/c1-3-7-17-15(5-1)9-11-19(23-25-13-27-29-23)21(17)22-18-8-4-2-6-16(18)10-12-20(22)24-26-14-28-30-24/h1-14H,(H,25,27,29)(H,26,28,30). The Morgan fingerprint density at radius 3 is 1.40 bits per heavy atom. The van der Waals surface area contributed by atoms with Crippen molar-refractivity contribution in [3.63, 3.8) is 0 Å². The summed E-state index contributed by atoms with van der Waals surface area (Å²) in [4.78, 5) is 8.90. The molecule has 4 aromatic carbocycles. The molecule has 6 rings (SSSR count). The lowest BCUT2D eigenvalue weighted by Gasteiger charge is -2.17. The van der Waals surface area contributed by atoms with Crippen molar-refractivity contribution in [3.8, 4) is 33.9 Å². The summed E-state index contributed by atoms with van der Waals surface area (Å²) in [7, 11) is 0. The number of nitrogens with zero attached hydrogens (tertiary/aromatic N) is 4. The van der Waals surface area contributed by atoms with E-state index < -0.39 is 0 Å². The maximum absolute atomic E-state index is 4.45. The Morgan fingerprint density at radius 1 is 0.500 bits per heavy atom. The monoisotopic (exact) mass is 388 g/mol. The van der Waals surface area contributed by atoms with Gasteiger partial charge in [-0.3, -0.25) is 10.2 Å². The predicted molar refractivity (Wildman–Crippen MR) is 118 cm³/mol. The lowest BCUT2D eigenvalue weighted by molar-refractivity contribution is 1.09. The molecule has 2 aromatic heterocycles. The van der Waals surface area contributed by atoms with Gasteiger partial charge in [-0.15, -0.1) is 0 Å². The summed E-state index contributed by atoms with van der Waals surface area (Å²) in [5, 5.41) is 18.8. The molecule has 0 saturated heterocycles. The second-order valence-electron chi connectivity index (χ2n) is 7.09. The van der Waals surface area contributed by atoms with Crippen LogP contribution in [0, 0.1) is 0 Å². The van der Waals surface area contributed by atoms with Crippen molar-refractivity contribution < 1.29 is 0 Å². The fourth-order valence-electron chi connectivity index (χ4n) is 4.15. The molecule has 2 heterocycles. The van der Waals surface area contributed by atoms with Crippen LogP contribution in [0.15, 0.2) is 85.5 Å². The van der Waals surface area contributed by atoms with Gasteiger partial charge in [-0.1, -0.05) is 60.7 Å². The number of hydrogen-bond donors (Lipinski definition) is 2. The molecule has 142 valence electrons. The van der Waals surface area contributed by atoms with Gasteiger partial charge in [0.2, 0.25) is 0 Å². The van der Waals surface area contributed by atoms with Crippen LogP contribution in [0.1, 0.15) is 0 Å². The molecule has 0 fully saturated rings. The Labute approximate surface area is 171 Å². The first-order chi connectivity index (χ1) is 14.9. The SMILES string of the molecule is c1ccc2c(-c3c(-c4ncn[nH]4)ccc4ccccc34)c(-c3ncn[nH]3)ccc2c1. The number of benzene rings is 4. The highest BCUT2D eigenvalue weighted by molar-refractivity contribution is 6.13. The fourth-order valence-corrected chi connectivity index (χ4v) is 4.15. The number of hydrogen-bond acceptors (Lipinski definition) is 4. The van der Waals surface area contributed by atoms with E-state index in [4.69, 9.17) is 0 Å². The Morgan fingerprint density at radius 2 is 0.967 bits per heavy atom. The third-order valence-electron chi connectivity index (χ3n) is 5.45. The molecule has 6 heteroatoms. The molecular formula is C24H16N6. The second kappa shape index (κ2) is 6.63. The summed E-state index contributed by atoms with van der Waals surface area (Å²) in [6.45, 7) is 0. The van der Waals surface area contributed by atoms with Gasteiger partial charge in [0.05, 0.1) is 0 Å². The van der Waals surface area contributed by atoms with Crippen LogP contribution >= 0.6 is 0 Å². The Bertz CT molecular complexity index is 1370. The van der Waals surface area contributed by atoms with E-state index in [0.717, 1.165) is 55.4 Å². The minimum absolute atomic E-state index is 0.729. The van der Waals surface area contributed by atoms with E-state index in [2.05, 4.69) is 103 Å². The molecule has 0 amide bonds. The summed E-state index contributed by atoms with van der Waals surface area (Å²) in [5.41, 5.74) is 4.16. The quantitative estimate of drug-likeness (QED) is 0.435. The van der Waals surface area contributed by atoms with E-state index in [-0.39, 0.29) is 0 Å². The van der Waals surface area contributed by atoms with Crippen molar-refractivity contribution in [1.82, 2.24) is 30.4 Å². The largest absolute Gasteiger partial charge is 0.259 e. The van der Waals surface area contributed by atoms with Gasteiger partial charge in [-0.05, 0) is 33.7 Å². The second-order valence-corrected chi connectivity index (χ2v) is 7.09. The number of aromatic amines is 2. The lowest BCUT2D eigenvalue weighted by Crippen LogP contribution is -1.95. The van der Waals surface area contributed by atoms with E-state index in [1.807, 2.05) is 0 Å². The average Bonchev–Trinajstić information content (AvgIpc) is 3.52. The normalized spacial score (nSPS) is 11.3. The van der Waals surface area contributed by atoms with Crippen LogP contribution in [0.2, 0.25) is 0 Å². The zero-order chi connectivity index (χ0) is 19.9. The molecule has 6 aromatic rings. The number of H-pyrrole nitrogens is 2. The molecule has 0 atom stereocenters. The average molecular weight is 388 g/mol. The highest BCUT2D eigenvalue weighted by Crippen LogP contribution is 2.44.